The molecule has 0 aromatic heterocycles. The zero-order valence-corrected chi connectivity index (χ0v) is 11.7. The molecule has 0 unspecified atom stereocenters. The maximum absolute atomic E-state index is 13.4. The molecule has 1 amide bonds. The molecule has 0 radical (unpaired) electrons. The highest BCUT2D eigenvalue weighted by Gasteiger charge is 2.21. The molecule has 1 aromatic rings. The van der Waals surface area contributed by atoms with Gasteiger partial charge < -0.3 is 11.1 Å². The summed E-state index contributed by atoms with van der Waals surface area (Å²) in [6.07, 6.45) is 0.740. The van der Waals surface area contributed by atoms with Gasteiger partial charge in [0, 0.05) is 6.07 Å². The van der Waals surface area contributed by atoms with Crippen molar-refractivity contribution in [2.45, 2.75) is 26.3 Å². The lowest BCUT2D eigenvalue weighted by Crippen LogP contribution is -2.40. The average Bonchev–Trinajstić information content (AvgIpc) is 2.33. The van der Waals surface area contributed by atoms with Gasteiger partial charge in [0.25, 0.3) is 0 Å². The molecular formula is C12H15BrF2N2O. The van der Waals surface area contributed by atoms with E-state index in [-0.39, 0.29) is 16.1 Å². The van der Waals surface area contributed by atoms with E-state index in [2.05, 4.69) is 21.2 Å². The summed E-state index contributed by atoms with van der Waals surface area (Å²) in [4.78, 5) is 11.7. The van der Waals surface area contributed by atoms with E-state index in [0.29, 0.717) is 6.07 Å². The van der Waals surface area contributed by atoms with Crippen LogP contribution < -0.4 is 11.1 Å². The topological polar surface area (TPSA) is 55.1 Å². The molecule has 1 aromatic carbocycles. The number of carbonyl (C=O) groups excluding carboxylic acids is 1. The van der Waals surface area contributed by atoms with Crippen LogP contribution in [-0.4, -0.2) is 11.9 Å². The minimum Gasteiger partial charge on any atom is -0.322 e. The molecule has 0 spiro atoms. The van der Waals surface area contributed by atoms with Crippen molar-refractivity contribution in [3.8, 4) is 0 Å². The number of rotatable bonds is 4. The van der Waals surface area contributed by atoms with Crippen LogP contribution in [0.1, 0.15) is 20.3 Å². The van der Waals surface area contributed by atoms with Crippen molar-refractivity contribution in [2.75, 3.05) is 5.32 Å². The maximum Gasteiger partial charge on any atom is 0.241 e. The average molecular weight is 321 g/mol. The fourth-order valence-electron chi connectivity index (χ4n) is 1.35. The molecule has 0 heterocycles. The van der Waals surface area contributed by atoms with Gasteiger partial charge in [0.15, 0.2) is 0 Å². The third kappa shape index (κ3) is 3.49. The fraction of sp³-hybridized carbons (Fsp3) is 0.417. The first-order valence-electron chi connectivity index (χ1n) is 5.57. The summed E-state index contributed by atoms with van der Waals surface area (Å²) in [5.74, 6) is -2.06. The highest BCUT2D eigenvalue weighted by atomic mass is 79.9. The van der Waals surface area contributed by atoms with Gasteiger partial charge in [-0.05, 0) is 27.9 Å². The molecule has 0 saturated heterocycles. The van der Waals surface area contributed by atoms with Crippen molar-refractivity contribution in [3.63, 3.8) is 0 Å². The normalized spacial score (nSPS) is 14.1. The van der Waals surface area contributed by atoms with Gasteiger partial charge in [0.05, 0.1) is 16.2 Å². The number of carbonyl (C=O) groups is 1. The van der Waals surface area contributed by atoms with Crippen LogP contribution >= 0.6 is 15.9 Å². The summed E-state index contributed by atoms with van der Waals surface area (Å²) in [7, 11) is 0. The van der Waals surface area contributed by atoms with Gasteiger partial charge in [-0.1, -0.05) is 20.3 Å². The van der Waals surface area contributed by atoms with Crippen molar-refractivity contribution in [1.82, 2.24) is 0 Å². The van der Waals surface area contributed by atoms with Gasteiger partial charge in [-0.15, -0.1) is 0 Å². The van der Waals surface area contributed by atoms with Crippen LogP contribution in [0.15, 0.2) is 16.6 Å². The summed E-state index contributed by atoms with van der Waals surface area (Å²) < 4.78 is 26.5. The zero-order chi connectivity index (χ0) is 13.9. The summed E-state index contributed by atoms with van der Waals surface area (Å²) >= 11 is 2.93. The Bertz CT molecular complexity index is 454. The molecule has 0 aliphatic heterocycles. The number of hydrogen-bond acceptors (Lipinski definition) is 2. The fourth-order valence-corrected chi connectivity index (χ4v) is 1.69. The van der Waals surface area contributed by atoms with Crippen LogP contribution in [0.4, 0.5) is 14.5 Å². The van der Waals surface area contributed by atoms with Crippen LogP contribution in [0.2, 0.25) is 0 Å². The van der Waals surface area contributed by atoms with Crippen molar-refractivity contribution < 1.29 is 13.6 Å². The molecule has 1 rings (SSSR count). The molecule has 0 bridgehead atoms. The van der Waals surface area contributed by atoms with E-state index in [0.717, 1.165) is 6.42 Å². The van der Waals surface area contributed by atoms with E-state index < -0.39 is 23.6 Å². The molecule has 2 atom stereocenters. The van der Waals surface area contributed by atoms with Crippen LogP contribution in [-0.2, 0) is 4.79 Å². The van der Waals surface area contributed by atoms with Gasteiger partial charge in [0.1, 0.15) is 11.6 Å². The second kappa shape index (κ2) is 6.24. The number of benzene rings is 1. The Morgan fingerprint density at radius 3 is 2.61 bits per heavy atom. The van der Waals surface area contributed by atoms with E-state index in [4.69, 9.17) is 5.73 Å². The summed E-state index contributed by atoms with van der Waals surface area (Å²) in [6.45, 7) is 3.74. The summed E-state index contributed by atoms with van der Waals surface area (Å²) in [5, 5.41) is 2.36. The first-order valence-corrected chi connectivity index (χ1v) is 6.37. The predicted molar refractivity (Wildman–Crippen MR) is 70.1 cm³/mol. The quantitative estimate of drug-likeness (QED) is 0.838. The SMILES string of the molecule is CC[C@H](C)[C@H](N)C(=O)Nc1cc(Br)c(F)cc1F. The van der Waals surface area contributed by atoms with Crippen LogP contribution in [0.5, 0.6) is 0 Å². The number of halogens is 3. The van der Waals surface area contributed by atoms with Crippen molar-refractivity contribution >= 4 is 27.5 Å². The van der Waals surface area contributed by atoms with E-state index >= 15 is 0 Å². The number of anilines is 1. The zero-order valence-electron chi connectivity index (χ0n) is 10.1. The minimum absolute atomic E-state index is 0.0167. The number of nitrogens with two attached hydrogens (primary N) is 1. The highest BCUT2D eigenvalue weighted by Crippen LogP contribution is 2.24. The lowest BCUT2D eigenvalue weighted by molar-refractivity contribution is -0.118. The first-order chi connectivity index (χ1) is 8.36. The molecular weight excluding hydrogens is 306 g/mol. The Morgan fingerprint density at radius 1 is 1.44 bits per heavy atom. The molecule has 6 heteroatoms. The molecule has 0 aliphatic carbocycles. The molecule has 3 N–H and O–H groups in total. The van der Waals surface area contributed by atoms with Gasteiger partial charge in [0.2, 0.25) is 5.91 Å². The third-order valence-corrected chi connectivity index (χ3v) is 3.44. The Morgan fingerprint density at radius 2 is 2.06 bits per heavy atom. The second-order valence-corrected chi connectivity index (χ2v) is 5.00. The van der Waals surface area contributed by atoms with E-state index in [1.165, 1.54) is 6.07 Å². The maximum atomic E-state index is 13.4. The standard InChI is InChI=1S/C12H15BrF2N2O/c1-3-6(2)11(16)12(18)17-10-4-7(13)8(14)5-9(10)15/h4-6,11H,3,16H2,1-2H3,(H,17,18)/t6-,11-/m0/s1. The van der Waals surface area contributed by atoms with Gasteiger partial charge >= 0.3 is 0 Å². The van der Waals surface area contributed by atoms with Crippen LogP contribution in [0.3, 0.4) is 0 Å². The molecule has 100 valence electrons. The monoisotopic (exact) mass is 320 g/mol. The molecule has 18 heavy (non-hydrogen) atoms. The van der Waals surface area contributed by atoms with Crippen molar-refractivity contribution in [3.05, 3.63) is 28.2 Å². The predicted octanol–water partition coefficient (Wildman–Crippen LogP) is 3.04. The van der Waals surface area contributed by atoms with Gasteiger partial charge in [-0.25, -0.2) is 8.78 Å². The summed E-state index contributed by atoms with van der Waals surface area (Å²) in [6, 6.07) is 1.15. The van der Waals surface area contributed by atoms with Crippen molar-refractivity contribution in [1.29, 1.82) is 0 Å². The third-order valence-electron chi connectivity index (χ3n) is 2.83. The lowest BCUT2D eigenvalue weighted by Gasteiger charge is -2.18. The molecule has 0 saturated carbocycles. The van der Waals surface area contributed by atoms with Gasteiger partial charge in [-0.2, -0.15) is 0 Å². The van der Waals surface area contributed by atoms with Gasteiger partial charge in [-0.3, -0.25) is 4.79 Å². The second-order valence-electron chi connectivity index (χ2n) is 4.15. The highest BCUT2D eigenvalue weighted by molar-refractivity contribution is 9.10. The molecule has 0 aliphatic rings. The van der Waals surface area contributed by atoms with Crippen LogP contribution in [0, 0.1) is 17.6 Å². The molecule has 3 nitrogen and oxygen atoms in total. The minimum atomic E-state index is -0.833. The lowest BCUT2D eigenvalue weighted by atomic mass is 9.99. The smallest absolute Gasteiger partial charge is 0.241 e. The van der Waals surface area contributed by atoms with Crippen molar-refractivity contribution in [2.24, 2.45) is 11.7 Å². The Kier molecular flexibility index (Phi) is 5.22. The number of amides is 1. The van der Waals surface area contributed by atoms with E-state index in [9.17, 15) is 13.6 Å². The Labute approximate surface area is 113 Å². The Balaban J connectivity index is 2.85. The van der Waals surface area contributed by atoms with E-state index in [1.807, 2.05) is 13.8 Å². The number of hydrogen-bond donors (Lipinski definition) is 2. The first kappa shape index (κ1) is 15.0. The largest absolute Gasteiger partial charge is 0.322 e. The number of nitrogens with one attached hydrogen (secondary N) is 1. The molecule has 0 fully saturated rings. The summed E-state index contributed by atoms with van der Waals surface area (Å²) in [5.41, 5.74) is 5.63. The van der Waals surface area contributed by atoms with E-state index in [1.54, 1.807) is 0 Å². The van der Waals surface area contributed by atoms with Crippen LogP contribution in [0.25, 0.3) is 0 Å². The Hall–Kier alpha value is -1.01.